The number of sulfonamides is 1. The highest BCUT2D eigenvalue weighted by Gasteiger charge is 2.34. The van der Waals surface area contributed by atoms with Gasteiger partial charge in [-0.05, 0) is 30.0 Å². The summed E-state index contributed by atoms with van der Waals surface area (Å²) in [6, 6.07) is 6.60. The molecule has 0 spiro atoms. The van der Waals surface area contributed by atoms with Crippen LogP contribution in [0.3, 0.4) is 0 Å². The maximum atomic E-state index is 13.2. The summed E-state index contributed by atoms with van der Waals surface area (Å²) < 4.78 is 42.4. The Bertz CT molecular complexity index is 864. The molecule has 2 heterocycles. The van der Waals surface area contributed by atoms with Crippen LogP contribution in [0.4, 0.5) is 4.39 Å². The summed E-state index contributed by atoms with van der Waals surface area (Å²) >= 11 is 0. The molecule has 1 aromatic carbocycles. The number of rotatable bonds is 5. The van der Waals surface area contributed by atoms with Crippen molar-refractivity contribution in [2.24, 2.45) is 13.0 Å². The van der Waals surface area contributed by atoms with Gasteiger partial charge in [-0.1, -0.05) is 26.0 Å². The zero-order valence-electron chi connectivity index (χ0n) is 16.0. The minimum absolute atomic E-state index is 0.0797. The van der Waals surface area contributed by atoms with Gasteiger partial charge in [0.15, 0.2) is 5.03 Å². The number of hydrogen-bond donors (Lipinski definition) is 0. The van der Waals surface area contributed by atoms with Crippen molar-refractivity contribution in [1.82, 2.24) is 18.8 Å². The van der Waals surface area contributed by atoms with Gasteiger partial charge in [0, 0.05) is 45.5 Å². The summed E-state index contributed by atoms with van der Waals surface area (Å²) in [6.45, 7) is 6.60. The van der Waals surface area contributed by atoms with Crippen molar-refractivity contribution in [2.75, 3.05) is 19.6 Å². The monoisotopic (exact) mass is 394 g/mol. The van der Waals surface area contributed by atoms with Gasteiger partial charge in [-0.2, -0.15) is 4.31 Å². The Kier molecular flexibility index (Phi) is 5.98. The predicted molar refractivity (Wildman–Crippen MR) is 102 cm³/mol. The quantitative estimate of drug-likeness (QED) is 0.782. The van der Waals surface area contributed by atoms with E-state index in [0.29, 0.717) is 19.6 Å². The number of aromatic nitrogens is 2. The molecule has 0 saturated carbocycles. The number of nitrogens with zero attached hydrogens (tertiary/aromatic N) is 4. The number of aryl methyl sites for hydroxylation is 1. The number of halogens is 1. The average molecular weight is 395 g/mol. The van der Waals surface area contributed by atoms with E-state index >= 15 is 0 Å². The Balaban J connectivity index is 1.81. The normalized spacial score (nSPS) is 20.1. The van der Waals surface area contributed by atoms with Crippen LogP contribution in [0, 0.1) is 11.7 Å². The van der Waals surface area contributed by atoms with E-state index in [4.69, 9.17) is 0 Å². The van der Waals surface area contributed by atoms with Crippen molar-refractivity contribution >= 4 is 10.0 Å². The van der Waals surface area contributed by atoms with Crippen LogP contribution in [0.15, 0.2) is 41.8 Å². The van der Waals surface area contributed by atoms with Crippen molar-refractivity contribution in [3.05, 3.63) is 48.2 Å². The zero-order valence-corrected chi connectivity index (χ0v) is 16.9. The van der Waals surface area contributed by atoms with Crippen LogP contribution in [-0.4, -0.2) is 52.9 Å². The van der Waals surface area contributed by atoms with Crippen molar-refractivity contribution in [2.45, 2.75) is 37.9 Å². The summed E-state index contributed by atoms with van der Waals surface area (Å²) in [5.74, 6) is 0.0348. The second kappa shape index (κ2) is 8.08. The first kappa shape index (κ1) is 20.0. The first-order valence-corrected chi connectivity index (χ1v) is 10.7. The van der Waals surface area contributed by atoms with Crippen molar-refractivity contribution in [3.63, 3.8) is 0 Å². The molecule has 3 rings (SSSR count). The topological polar surface area (TPSA) is 58.4 Å². The van der Waals surface area contributed by atoms with E-state index in [9.17, 15) is 12.8 Å². The van der Waals surface area contributed by atoms with Gasteiger partial charge >= 0.3 is 0 Å². The molecule has 1 atom stereocenters. The number of benzene rings is 1. The Morgan fingerprint density at radius 1 is 1.22 bits per heavy atom. The molecule has 2 aromatic rings. The second-order valence-corrected chi connectivity index (χ2v) is 9.39. The lowest BCUT2D eigenvalue weighted by molar-refractivity contribution is 0.149. The van der Waals surface area contributed by atoms with Gasteiger partial charge < -0.3 is 4.57 Å². The highest BCUT2D eigenvalue weighted by atomic mass is 32.2. The van der Waals surface area contributed by atoms with E-state index in [2.05, 4.69) is 23.7 Å². The van der Waals surface area contributed by atoms with E-state index in [1.807, 2.05) is 0 Å². The Morgan fingerprint density at radius 2 is 1.93 bits per heavy atom. The fraction of sp³-hybridized carbons (Fsp3) is 0.526. The summed E-state index contributed by atoms with van der Waals surface area (Å²) in [4.78, 5) is 6.35. The standard InChI is InChI=1S/C19H27FN4O2S/c1-15(2)18-12-24(27(25,26)19-13-22(3)14-21-19)10-4-9-23(18)11-16-5-7-17(20)8-6-16/h5-8,13-15,18H,4,9-12H2,1-3H3/t18-/m1/s1. The molecule has 0 amide bonds. The largest absolute Gasteiger partial charge is 0.339 e. The third-order valence-electron chi connectivity index (χ3n) is 5.07. The number of imidazole rings is 1. The molecular weight excluding hydrogens is 367 g/mol. The third kappa shape index (κ3) is 4.56. The van der Waals surface area contributed by atoms with Gasteiger partial charge in [0.05, 0.1) is 6.33 Å². The molecule has 0 unspecified atom stereocenters. The fourth-order valence-electron chi connectivity index (χ4n) is 3.56. The van der Waals surface area contributed by atoms with Crippen molar-refractivity contribution in [1.29, 1.82) is 0 Å². The lowest BCUT2D eigenvalue weighted by Crippen LogP contribution is -2.45. The molecule has 8 heteroatoms. The molecule has 1 fully saturated rings. The summed E-state index contributed by atoms with van der Waals surface area (Å²) in [7, 11) is -1.85. The molecule has 0 aliphatic carbocycles. The minimum atomic E-state index is -3.61. The first-order chi connectivity index (χ1) is 12.8. The Labute approximate surface area is 160 Å². The first-order valence-electron chi connectivity index (χ1n) is 9.24. The van der Waals surface area contributed by atoms with Crippen LogP contribution in [0.2, 0.25) is 0 Å². The van der Waals surface area contributed by atoms with Gasteiger partial charge in [-0.25, -0.2) is 17.8 Å². The third-order valence-corrected chi connectivity index (χ3v) is 6.82. The lowest BCUT2D eigenvalue weighted by atomic mass is 10.0. The molecule has 27 heavy (non-hydrogen) atoms. The van der Waals surface area contributed by atoms with E-state index in [1.54, 1.807) is 34.2 Å². The van der Waals surface area contributed by atoms with Crippen LogP contribution >= 0.6 is 0 Å². The molecular formula is C19H27FN4O2S. The highest BCUT2D eigenvalue weighted by molar-refractivity contribution is 7.89. The predicted octanol–water partition coefficient (Wildman–Crippen LogP) is 2.48. The van der Waals surface area contributed by atoms with E-state index in [-0.39, 0.29) is 22.8 Å². The summed E-state index contributed by atoms with van der Waals surface area (Å²) in [5, 5.41) is 0.0968. The lowest BCUT2D eigenvalue weighted by Gasteiger charge is -2.34. The molecule has 0 bridgehead atoms. The second-order valence-electron chi connectivity index (χ2n) is 7.50. The maximum absolute atomic E-state index is 13.2. The van der Waals surface area contributed by atoms with E-state index in [1.165, 1.54) is 18.5 Å². The minimum Gasteiger partial charge on any atom is -0.339 e. The highest BCUT2D eigenvalue weighted by Crippen LogP contribution is 2.24. The maximum Gasteiger partial charge on any atom is 0.262 e. The molecule has 6 nitrogen and oxygen atoms in total. The summed E-state index contributed by atoms with van der Waals surface area (Å²) in [5.41, 5.74) is 1.03. The van der Waals surface area contributed by atoms with E-state index in [0.717, 1.165) is 18.5 Å². The molecule has 1 saturated heterocycles. The van der Waals surface area contributed by atoms with E-state index < -0.39 is 10.0 Å². The van der Waals surface area contributed by atoms with Crippen LogP contribution in [-0.2, 0) is 23.6 Å². The smallest absolute Gasteiger partial charge is 0.262 e. The Hall–Kier alpha value is -1.77. The summed E-state index contributed by atoms with van der Waals surface area (Å²) in [6.07, 6.45) is 3.79. The molecule has 1 aliphatic heterocycles. The van der Waals surface area contributed by atoms with Crippen molar-refractivity contribution in [3.8, 4) is 0 Å². The van der Waals surface area contributed by atoms with Crippen LogP contribution < -0.4 is 0 Å². The van der Waals surface area contributed by atoms with Crippen molar-refractivity contribution < 1.29 is 12.8 Å². The van der Waals surface area contributed by atoms with Gasteiger partial charge in [-0.15, -0.1) is 0 Å². The fourth-order valence-corrected chi connectivity index (χ4v) is 5.02. The SMILES string of the molecule is CC(C)[C@H]1CN(S(=O)(=O)c2cn(C)cn2)CCCN1Cc1ccc(F)cc1. The molecule has 1 aromatic heterocycles. The molecule has 148 valence electrons. The average Bonchev–Trinajstić information content (AvgIpc) is 2.94. The molecule has 0 radical (unpaired) electrons. The van der Waals surface area contributed by atoms with Gasteiger partial charge in [0.2, 0.25) is 0 Å². The Morgan fingerprint density at radius 3 is 2.52 bits per heavy atom. The van der Waals surface area contributed by atoms with Crippen LogP contribution in [0.25, 0.3) is 0 Å². The van der Waals surface area contributed by atoms with Crippen LogP contribution in [0.5, 0.6) is 0 Å². The van der Waals surface area contributed by atoms with Gasteiger partial charge in [0.25, 0.3) is 10.0 Å². The number of hydrogen-bond acceptors (Lipinski definition) is 4. The zero-order chi connectivity index (χ0) is 19.6. The molecule has 0 N–H and O–H groups in total. The van der Waals surface area contributed by atoms with Crippen LogP contribution in [0.1, 0.15) is 25.8 Å². The molecule has 1 aliphatic rings. The van der Waals surface area contributed by atoms with Gasteiger partial charge in [0.1, 0.15) is 5.82 Å². The van der Waals surface area contributed by atoms with Gasteiger partial charge in [-0.3, -0.25) is 4.90 Å².